The van der Waals surface area contributed by atoms with Crippen LogP contribution in [0.4, 0.5) is 0 Å². The molecule has 1 atom stereocenters. The molecular formula is C22H25N5O2. The molecule has 7 nitrogen and oxygen atoms in total. The number of amides is 1. The Bertz CT molecular complexity index is 961. The van der Waals surface area contributed by atoms with Gasteiger partial charge >= 0.3 is 0 Å². The summed E-state index contributed by atoms with van der Waals surface area (Å²) in [7, 11) is 0. The summed E-state index contributed by atoms with van der Waals surface area (Å²) in [6.45, 7) is 2.93. The van der Waals surface area contributed by atoms with Crippen molar-refractivity contribution in [3.63, 3.8) is 0 Å². The molecule has 1 saturated heterocycles. The van der Waals surface area contributed by atoms with Gasteiger partial charge in [0, 0.05) is 31.6 Å². The summed E-state index contributed by atoms with van der Waals surface area (Å²) in [5.74, 6) is 0.798. The lowest BCUT2D eigenvalue weighted by molar-refractivity contribution is 0.0552. The molecule has 3 aliphatic rings. The summed E-state index contributed by atoms with van der Waals surface area (Å²) in [5, 5.41) is 1.05. The molecular weight excluding hydrogens is 366 g/mol. The Kier molecular flexibility index (Phi) is 4.97. The van der Waals surface area contributed by atoms with E-state index in [1.54, 1.807) is 6.34 Å². The van der Waals surface area contributed by atoms with Crippen molar-refractivity contribution >= 4 is 29.0 Å². The molecule has 7 heteroatoms. The molecule has 5 rings (SSSR count). The van der Waals surface area contributed by atoms with Crippen molar-refractivity contribution in [1.82, 2.24) is 14.8 Å². The van der Waals surface area contributed by atoms with E-state index in [1.807, 2.05) is 41.3 Å². The van der Waals surface area contributed by atoms with E-state index in [-0.39, 0.29) is 12.1 Å². The second-order valence-electron chi connectivity index (χ2n) is 7.86. The maximum Gasteiger partial charge on any atom is 0.272 e. The number of carbonyl (C=O) groups is 1. The number of hydrogen-bond donors (Lipinski definition) is 0. The number of fused-ring (bicyclic) bond motifs is 1. The maximum absolute atomic E-state index is 12.9. The predicted octanol–water partition coefficient (Wildman–Crippen LogP) is 2.72. The lowest BCUT2D eigenvalue weighted by Crippen LogP contribution is -2.52. The minimum absolute atomic E-state index is 0.00174. The third-order valence-corrected chi connectivity index (χ3v) is 5.99. The summed E-state index contributed by atoms with van der Waals surface area (Å²) in [6.07, 6.45) is 6.24. The molecule has 1 saturated carbocycles. The van der Waals surface area contributed by atoms with Gasteiger partial charge < -0.3 is 9.64 Å². The van der Waals surface area contributed by atoms with Crippen LogP contribution in [0.15, 0.2) is 46.4 Å². The molecule has 0 N–H and O–H groups in total. The first-order valence-electron chi connectivity index (χ1n) is 10.4. The van der Waals surface area contributed by atoms with Crippen molar-refractivity contribution in [3.8, 4) is 0 Å². The van der Waals surface area contributed by atoms with Gasteiger partial charge in [0.05, 0.1) is 11.9 Å². The Morgan fingerprint density at radius 2 is 1.86 bits per heavy atom. The van der Waals surface area contributed by atoms with Gasteiger partial charge in [-0.1, -0.05) is 24.3 Å². The molecule has 0 spiro atoms. The van der Waals surface area contributed by atoms with Crippen molar-refractivity contribution in [1.29, 1.82) is 0 Å². The first kappa shape index (κ1) is 18.2. The highest BCUT2D eigenvalue weighted by molar-refractivity contribution is 5.95. The highest BCUT2D eigenvalue weighted by Gasteiger charge is 2.30. The molecule has 1 aromatic heterocycles. The quantitative estimate of drug-likeness (QED) is 0.807. The van der Waals surface area contributed by atoms with E-state index < -0.39 is 0 Å². The van der Waals surface area contributed by atoms with E-state index >= 15 is 0 Å². The standard InChI is InChI=1S/C22H25N5O2/c28-22(19-9-8-16-4-1-2-7-18(16)25-19)27-12-10-26(11-13-27)20-14-21(24-15-23-20)29-17-5-3-6-17/h1-2,4,7-9,15,17,20H,3,5-6,10-14H2. The first-order chi connectivity index (χ1) is 14.3. The van der Waals surface area contributed by atoms with Crippen LogP contribution in [0.25, 0.3) is 10.9 Å². The van der Waals surface area contributed by atoms with E-state index in [4.69, 9.17) is 4.74 Å². The molecule has 150 valence electrons. The van der Waals surface area contributed by atoms with Crippen LogP contribution >= 0.6 is 0 Å². The van der Waals surface area contributed by atoms with Crippen LogP contribution in [0.5, 0.6) is 0 Å². The lowest BCUT2D eigenvalue weighted by atomic mass is 9.96. The Hall–Kier alpha value is -2.80. The average molecular weight is 391 g/mol. The summed E-state index contributed by atoms with van der Waals surface area (Å²) in [6, 6.07) is 11.7. The van der Waals surface area contributed by atoms with Gasteiger partial charge in [-0.3, -0.25) is 14.7 Å². The fourth-order valence-corrected chi connectivity index (χ4v) is 3.99. The van der Waals surface area contributed by atoms with E-state index in [1.165, 1.54) is 6.42 Å². The Labute approximate surface area is 170 Å². The van der Waals surface area contributed by atoms with Gasteiger partial charge in [-0.25, -0.2) is 9.98 Å². The smallest absolute Gasteiger partial charge is 0.272 e. The maximum atomic E-state index is 12.9. The number of nitrogens with zero attached hydrogens (tertiary/aromatic N) is 5. The molecule has 1 aromatic carbocycles. The largest absolute Gasteiger partial charge is 0.477 e. The summed E-state index contributed by atoms with van der Waals surface area (Å²) in [4.78, 5) is 30.5. The summed E-state index contributed by atoms with van der Waals surface area (Å²) >= 11 is 0. The minimum atomic E-state index is -0.00174. The molecule has 0 bridgehead atoms. The molecule has 29 heavy (non-hydrogen) atoms. The fraction of sp³-hybridized carbons (Fsp3) is 0.455. The Morgan fingerprint density at radius 3 is 2.66 bits per heavy atom. The second kappa shape index (κ2) is 7.91. The van der Waals surface area contributed by atoms with E-state index in [9.17, 15) is 4.79 Å². The molecule has 2 aliphatic heterocycles. The van der Waals surface area contributed by atoms with Crippen LogP contribution < -0.4 is 0 Å². The second-order valence-corrected chi connectivity index (χ2v) is 7.86. The normalized spacial score (nSPS) is 23.0. The molecule has 3 heterocycles. The van der Waals surface area contributed by atoms with Crippen molar-refractivity contribution < 1.29 is 9.53 Å². The van der Waals surface area contributed by atoms with Gasteiger partial charge in [0.15, 0.2) is 5.90 Å². The minimum Gasteiger partial charge on any atom is -0.477 e. The van der Waals surface area contributed by atoms with E-state index in [0.29, 0.717) is 31.3 Å². The number of rotatable bonds is 3. The zero-order valence-corrected chi connectivity index (χ0v) is 16.4. The van der Waals surface area contributed by atoms with Crippen LogP contribution in [0.1, 0.15) is 36.2 Å². The van der Waals surface area contributed by atoms with Crippen LogP contribution in [0.2, 0.25) is 0 Å². The van der Waals surface area contributed by atoms with Crippen molar-refractivity contribution in [3.05, 3.63) is 42.1 Å². The monoisotopic (exact) mass is 391 g/mol. The third-order valence-electron chi connectivity index (χ3n) is 5.99. The lowest BCUT2D eigenvalue weighted by Gasteiger charge is -2.38. The number of pyridine rings is 1. The van der Waals surface area contributed by atoms with E-state index in [0.717, 1.165) is 42.7 Å². The first-order valence-corrected chi connectivity index (χ1v) is 10.4. The number of aromatic nitrogens is 1. The highest BCUT2D eigenvalue weighted by Crippen LogP contribution is 2.24. The van der Waals surface area contributed by atoms with Gasteiger partial charge in [-0.05, 0) is 31.4 Å². The zero-order chi connectivity index (χ0) is 19.6. The van der Waals surface area contributed by atoms with Gasteiger partial charge in [0.1, 0.15) is 24.3 Å². The fourth-order valence-electron chi connectivity index (χ4n) is 3.99. The SMILES string of the molecule is O=C(c1ccc2ccccc2n1)N1CCN(C2CC(OC3CCC3)=NC=N2)CC1. The van der Waals surface area contributed by atoms with Crippen LogP contribution in [-0.2, 0) is 4.74 Å². The van der Waals surface area contributed by atoms with Gasteiger partial charge in [0.25, 0.3) is 5.91 Å². The molecule has 0 radical (unpaired) electrons. The van der Waals surface area contributed by atoms with E-state index in [2.05, 4.69) is 19.9 Å². The van der Waals surface area contributed by atoms with Crippen molar-refractivity contribution in [2.24, 2.45) is 9.98 Å². The number of piperazine rings is 1. The molecule has 1 unspecified atom stereocenters. The topological polar surface area (TPSA) is 70.4 Å². The molecule has 2 fully saturated rings. The number of benzene rings is 1. The van der Waals surface area contributed by atoms with Crippen LogP contribution in [-0.4, -0.2) is 71.4 Å². The number of hydrogen-bond acceptors (Lipinski definition) is 6. The molecule has 2 aromatic rings. The molecule has 1 amide bonds. The van der Waals surface area contributed by atoms with Crippen molar-refractivity contribution in [2.45, 2.75) is 38.0 Å². The van der Waals surface area contributed by atoms with Gasteiger partial charge in [-0.2, -0.15) is 0 Å². The van der Waals surface area contributed by atoms with Crippen LogP contribution in [0, 0.1) is 0 Å². The molecule has 1 aliphatic carbocycles. The number of carbonyl (C=O) groups excluding carboxylic acids is 1. The van der Waals surface area contributed by atoms with Crippen molar-refractivity contribution in [2.75, 3.05) is 26.2 Å². The number of para-hydroxylation sites is 1. The average Bonchev–Trinajstić information content (AvgIpc) is 2.76. The number of ether oxygens (including phenoxy) is 1. The Morgan fingerprint density at radius 1 is 1.03 bits per heavy atom. The van der Waals surface area contributed by atoms with Gasteiger partial charge in [0.2, 0.25) is 0 Å². The Balaban J connectivity index is 1.18. The highest BCUT2D eigenvalue weighted by atomic mass is 16.5. The zero-order valence-electron chi connectivity index (χ0n) is 16.4. The summed E-state index contributed by atoms with van der Waals surface area (Å²) in [5.41, 5.74) is 1.36. The summed E-state index contributed by atoms with van der Waals surface area (Å²) < 4.78 is 5.96. The predicted molar refractivity (Wildman–Crippen MR) is 112 cm³/mol. The van der Waals surface area contributed by atoms with Crippen LogP contribution in [0.3, 0.4) is 0 Å². The third kappa shape index (κ3) is 3.87. The van der Waals surface area contributed by atoms with Gasteiger partial charge in [-0.15, -0.1) is 0 Å². The number of aliphatic imine (C=N–C) groups is 2.